The predicted molar refractivity (Wildman–Crippen MR) is 112 cm³/mol. The Kier molecular flexibility index (Phi) is 5.51. The molecule has 3 aromatic rings. The van der Waals surface area contributed by atoms with Crippen molar-refractivity contribution in [2.24, 2.45) is 5.92 Å². The fourth-order valence-corrected chi connectivity index (χ4v) is 5.33. The Morgan fingerprint density at radius 2 is 2.13 bits per heavy atom. The van der Waals surface area contributed by atoms with Crippen LogP contribution >= 0.6 is 11.3 Å². The molecule has 160 valence electrons. The van der Waals surface area contributed by atoms with Crippen LogP contribution in [0.4, 0.5) is 0 Å². The van der Waals surface area contributed by atoms with Gasteiger partial charge in [0.15, 0.2) is 11.9 Å². The van der Waals surface area contributed by atoms with Crippen molar-refractivity contribution in [3.05, 3.63) is 40.0 Å². The van der Waals surface area contributed by atoms with Gasteiger partial charge >= 0.3 is 5.97 Å². The quantitative estimate of drug-likeness (QED) is 0.591. The van der Waals surface area contributed by atoms with Crippen molar-refractivity contribution in [1.82, 2.24) is 14.3 Å². The summed E-state index contributed by atoms with van der Waals surface area (Å²) in [4.78, 5) is 32.9. The van der Waals surface area contributed by atoms with Crippen molar-refractivity contribution >= 4 is 37.5 Å². The first kappa shape index (κ1) is 20.8. The number of piperidine rings is 1. The van der Waals surface area contributed by atoms with Crippen LogP contribution in [0, 0.1) is 5.92 Å². The lowest BCUT2D eigenvalue weighted by Crippen LogP contribution is -2.40. The fraction of sp³-hybridized carbons (Fsp3) is 0.421. The zero-order chi connectivity index (χ0) is 21.5. The molecule has 1 unspecified atom stereocenters. The molecule has 0 bridgehead atoms. The summed E-state index contributed by atoms with van der Waals surface area (Å²) < 4.78 is 35.5. The molecule has 11 heteroatoms. The standard InChI is InChI=1S/C19H21N3O6S2/c1-11(28-19(24)12-5-7-22(8-6-12)30(2,25)26)16-20-17(23)15-13(10-29-18(15)21-16)14-4-3-9-27-14/h3-4,9-12H,5-8H2,1-2H3,(H,20,21,23). The van der Waals surface area contributed by atoms with Crippen LogP contribution in [0.5, 0.6) is 0 Å². The van der Waals surface area contributed by atoms with Gasteiger partial charge in [0.25, 0.3) is 5.56 Å². The molecule has 0 radical (unpaired) electrons. The molecule has 0 spiro atoms. The summed E-state index contributed by atoms with van der Waals surface area (Å²) in [5, 5.41) is 2.24. The summed E-state index contributed by atoms with van der Waals surface area (Å²) in [7, 11) is -3.26. The van der Waals surface area contributed by atoms with Gasteiger partial charge < -0.3 is 14.1 Å². The van der Waals surface area contributed by atoms with Crippen LogP contribution in [0.2, 0.25) is 0 Å². The molecular formula is C19H21N3O6S2. The SMILES string of the molecule is CC(OC(=O)C1CCN(S(C)(=O)=O)CC1)c1nc2scc(-c3ccco3)c2c(=O)[nH]1. The van der Waals surface area contributed by atoms with E-state index < -0.39 is 22.1 Å². The molecule has 1 aliphatic rings. The second kappa shape index (κ2) is 7.97. The van der Waals surface area contributed by atoms with Crippen LogP contribution < -0.4 is 5.56 Å². The van der Waals surface area contributed by atoms with E-state index in [-0.39, 0.29) is 17.3 Å². The first-order valence-electron chi connectivity index (χ1n) is 9.45. The largest absolute Gasteiger partial charge is 0.464 e. The predicted octanol–water partition coefficient (Wildman–Crippen LogP) is 2.52. The van der Waals surface area contributed by atoms with Crippen LogP contribution in [-0.4, -0.2) is 48.0 Å². The Hall–Kier alpha value is -2.50. The molecule has 3 aromatic heterocycles. The number of furan rings is 1. The van der Waals surface area contributed by atoms with E-state index in [0.29, 0.717) is 47.5 Å². The first-order valence-corrected chi connectivity index (χ1v) is 12.2. The lowest BCUT2D eigenvalue weighted by atomic mass is 9.98. The highest BCUT2D eigenvalue weighted by Gasteiger charge is 2.31. The zero-order valence-corrected chi connectivity index (χ0v) is 18.1. The molecular weight excluding hydrogens is 430 g/mol. The van der Waals surface area contributed by atoms with E-state index in [2.05, 4.69) is 9.97 Å². The molecule has 1 N–H and O–H groups in total. The topological polar surface area (TPSA) is 123 Å². The van der Waals surface area contributed by atoms with Crippen LogP contribution in [0.25, 0.3) is 21.5 Å². The Balaban J connectivity index is 1.48. The van der Waals surface area contributed by atoms with E-state index in [1.54, 1.807) is 19.1 Å². The average Bonchev–Trinajstić information content (AvgIpc) is 3.36. The second-order valence-electron chi connectivity index (χ2n) is 7.27. The maximum Gasteiger partial charge on any atom is 0.309 e. The highest BCUT2D eigenvalue weighted by Crippen LogP contribution is 2.31. The van der Waals surface area contributed by atoms with Gasteiger partial charge in [0, 0.05) is 24.0 Å². The van der Waals surface area contributed by atoms with Crippen LogP contribution in [0.3, 0.4) is 0 Å². The minimum atomic E-state index is -3.26. The van der Waals surface area contributed by atoms with E-state index in [1.165, 1.54) is 21.9 Å². The van der Waals surface area contributed by atoms with Gasteiger partial charge in [0.2, 0.25) is 10.0 Å². The van der Waals surface area contributed by atoms with Crippen LogP contribution in [0.15, 0.2) is 33.0 Å². The summed E-state index contributed by atoms with van der Waals surface area (Å²) in [6.45, 7) is 2.23. The highest BCUT2D eigenvalue weighted by atomic mass is 32.2. The molecule has 1 atom stereocenters. The third kappa shape index (κ3) is 4.05. The van der Waals surface area contributed by atoms with Gasteiger partial charge in [-0.15, -0.1) is 11.3 Å². The number of aromatic amines is 1. The number of H-pyrrole nitrogens is 1. The molecule has 9 nitrogen and oxygen atoms in total. The van der Waals surface area contributed by atoms with Crippen molar-refractivity contribution in [3.63, 3.8) is 0 Å². The minimum Gasteiger partial charge on any atom is -0.464 e. The summed E-state index contributed by atoms with van der Waals surface area (Å²) in [5.74, 6) is 0.0533. The minimum absolute atomic E-state index is 0.266. The summed E-state index contributed by atoms with van der Waals surface area (Å²) in [6.07, 6.45) is 2.76. The summed E-state index contributed by atoms with van der Waals surface area (Å²) >= 11 is 1.31. The summed E-state index contributed by atoms with van der Waals surface area (Å²) in [6, 6.07) is 3.52. The van der Waals surface area contributed by atoms with Gasteiger partial charge in [-0.05, 0) is 31.9 Å². The molecule has 0 saturated carbocycles. The van der Waals surface area contributed by atoms with Gasteiger partial charge in [-0.2, -0.15) is 0 Å². The molecule has 1 fully saturated rings. The lowest BCUT2D eigenvalue weighted by molar-refractivity contribution is -0.155. The smallest absolute Gasteiger partial charge is 0.309 e. The number of rotatable bonds is 5. The van der Waals surface area contributed by atoms with Crippen molar-refractivity contribution < 1.29 is 22.4 Å². The van der Waals surface area contributed by atoms with E-state index in [1.807, 2.05) is 5.38 Å². The first-order chi connectivity index (χ1) is 14.2. The van der Waals surface area contributed by atoms with Gasteiger partial charge in [-0.1, -0.05) is 0 Å². The van der Waals surface area contributed by atoms with Gasteiger partial charge in [-0.25, -0.2) is 17.7 Å². The number of esters is 1. The zero-order valence-electron chi connectivity index (χ0n) is 16.5. The van der Waals surface area contributed by atoms with Crippen molar-refractivity contribution in [3.8, 4) is 11.3 Å². The molecule has 1 aliphatic heterocycles. The van der Waals surface area contributed by atoms with Crippen molar-refractivity contribution in [2.75, 3.05) is 19.3 Å². The van der Waals surface area contributed by atoms with E-state index in [4.69, 9.17) is 9.15 Å². The number of nitrogens with one attached hydrogen (secondary N) is 1. The second-order valence-corrected chi connectivity index (χ2v) is 10.1. The number of sulfonamides is 1. The molecule has 0 aliphatic carbocycles. The normalized spacial score (nSPS) is 17.3. The molecule has 4 rings (SSSR count). The molecule has 0 amide bonds. The maximum absolute atomic E-state index is 12.7. The molecule has 4 heterocycles. The Bertz CT molecular complexity index is 1220. The fourth-order valence-electron chi connectivity index (χ4n) is 3.52. The van der Waals surface area contributed by atoms with Crippen molar-refractivity contribution in [1.29, 1.82) is 0 Å². The van der Waals surface area contributed by atoms with Gasteiger partial charge in [0.05, 0.1) is 23.8 Å². The molecule has 1 saturated heterocycles. The van der Waals surface area contributed by atoms with Crippen LogP contribution in [-0.2, 0) is 19.6 Å². The highest BCUT2D eigenvalue weighted by molar-refractivity contribution is 7.88. The monoisotopic (exact) mass is 451 g/mol. The van der Waals surface area contributed by atoms with Crippen LogP contribution in [0.1, 0.15) is 31.7 Å². The third-order valence-corrected chi connectivity index (χ3v) is 7.36. The lowest BCUT2D eigenvalue weighted by Gasteiger charge is -2.29. The number of ether oxygens (including phenoxy) is 1. The van der Waals surface area contributed by atoms with E-state index >= 15 is 0 Å². The third-order valence-electron chi connectivity index (χ3n) is 5.18. The van der Waals surface area contributed by atoms with E-state index in [9.17, 15) is 18.0 Å². The summed E-state index contributed by atoms with van der Waals surface area (Å²) in [5.41, 5.74) is 0.342. The Morgan fingerprint density at radius 1 is 1.40 bits per heavy atom. The average molecular weight is 452 g/mol. The number of carbonyl (C=O) groups excluding carboxylic acids is 1. The Labute approximate surface area is 176 Å². The maximum atomic E-state index is 12.7. The molecule has 0 aromatic carbocycles. The number of hydrogen-bond acceptors (Lipinski definition) is 8. The number of fused-ring (bicyclic) bond motifs is 1. The number of hydrogen-bond donors (Lipinski definition) is 1. The Morgan fingerprint density at radius 3 is 2.77 bits per heavy atom. The van der Waals surface area contributed by atoms with E-state index in [0.717, 1.165) is 6.26 Å². The van der Waals surface area contributed by atoms with Gasteiger partial charge in [0.1, 0.15) is 10.6 Å². The molecule has 30 heavy (non-hydrogen) atoms. The van der Waals surface area contributed by atoms with Crippen molar-refractivity contribution in [2.45, 2.75) is 25.9 Å². The number of aromatic nitrogens is 2. The number of thiophene rings is 1. The van der Waals surface area contributed by atoms with Gasteiger partial charge in [-0.3, -0.25) is 9.59 Å². The number of nitrogens with zero attached hydrogens (tertiary/aromatic N) is 2. The number of carbonyl (C=O) groups is 1.